The molecule has 1 N–H and O–H groups in total. The molecule has 1 amide bonds. The maximum atomic E-state index is 13.3. The van der Waals surface area contributed by atoms with Crippen LogP contribution in [0.25, 0.3) is 22.0 Å². The van der Waals surface area contributed by atoms with Crippen molar-refractivity contribution in [3.05, 3.63) is 153 Å². The molecule has 0 aliphatic carbocycles. The molecule has 0 aliphatic heterocycles. The molecule has 0 spiro atoms. The highest BCUT2D eigenvalue weighted by Crippen LogP contribution is 2.37. The number of carbonyl (C=O) groups is 1. The Labute approximate surface area is 258 Å². The average molecular weight is 612 g/mol. The van der Waals surface area contributed by atoms with E-state index in [1.807, 2.05) is 96.7 Å². The molecule has 0 saturated heterocycles. The van der Waals surface area contributed by atoms with Gasteiger partial charge < -0.3 is 9.88 Å². The number of fused-ring (bicyclic) bond motifs is 1. The van der Waals surface area contributed by atoms with Crippen LogP contribution in [-0.4, -0.2) is 20.4 Å². The molecule has 8 heteroatoms. The summed E-state index contributed by atoms with van der Waals surface area (Å²) in [6, 6.07) is 30.9. The van der Waals surface area contributed by atoms with E-state index in [2.05, 4.69) is 22.4 Å². The van der Waals surface area contributed by atoms with Crippen molar-refractivity contribution in [2.75, 3.05) is 0 Å². The van der Waals surface area contributed by atoms with Gasteiger partial charge in [-0.05, 0) is 82.4 Å². The summed E-state index contributed by atoms with van der Waals surface area (Å²) in [5.74, 6) is -0.384. The molecule has 1 atom stereocenters. The summed E-state index contributed by atoms with van der Waals surface area (Å²) in [7, 11) is 1.99. The number of nitrogens with one attached hydrogen (secondary N) is 1. The molecule has 42 heavy (non-hydrogen) atoms. The summed E-state index contributed by atoms with van der Waals surface area (Å²) < 4.78 is 2.02. The Morgan fingerprint density at radius 2 is 1.57 bits per heavy atom. The molecule has 4 aromatic carbocycles. The number of halogens is 3. The first kappa shape index (κ1) is 28.0. The molecule has 0 saturated carbocycles. The van der Waals surface area contributed by atoms with Crippen molar-refractivity contribution >= 4 is 51.6 Å². The number of benzene rings is 4. The lowest BCUT2D eigenvalue weighted by atomic mass is 9.87. The molecule has 0 bridgehead atoms. The minimum Gasteiger partial charge on any atom is -0.347 e. The minimum absolute atomic E-state index is 0.105. The van der Waals surface area contributed by atoms with Crippen LogP contribution < -0.4 is 5.32 Å². The first-order chi connectivity index (χ1) is 20.4. The van der Waals surface area contributed by atoms with E-state index in [1.54, 1.807) is 12.4 Å². The van der Waals surface area contributed by atoms with Gasteiger partial charge in [-0.2, -0.15) is 0 Å². The number of nitrogens with zero attached hydrogens (tertiary/aromatic N) is 3. The zero-order chi connectivity index (χ0) is 29.2. The van der Waals surface area contributed by atoms with Crippen LogP contribution in [0.15, 0.2) is 110 Å². The van der Waals surface area contributed by atoms with E-state index < -0.39 is 0 Å². The molecule has 6 aromatic rings. The fourth-order valence-electron chi connectivity index (χ4n) is 5.19. The van der Waals surface area contributed by atoms with Crippen molar-refractivity contribution in [3.8, 4) is 11.1 Å². The highest BCUT2D eigenvalue weighted by atomic mass is 35.5. The maximum absolute atomic E-state index is 13.3. The number of rotatable bonds is 7. The summed E-state index contributed by atoms with van der Waals surface area (Å²) in [6.07, 6.45) is 3.68. The fourth-order valence-corrected chi connectivity index (χ4v) is 5.72. The SMILES string of the molecule is Cn1cncc1C(c1ccc(Cl)cc1)c1ccc2nc(C(=O)NCc3cccc(Cl)c3)cc(-c3cccc(Cl)c3)c2c1. The third kappa shape index (κ3) is 5.90. The second-order valence-electron chi connectivity index (χ2n) is 10.1. The third-order valence-electron chi connectivity index (χ3n) is 7.23. The molecule has 0 radical (unpaired) electrons. The highest BCUT2D eigenvalue weighted by molar-refractivity contribution is 6.31. The quantitative estimate of drug-likeness (QED) is 0.196. The van der Waals surface area contributed by atoms with Gasteiger partial charge in [0.05, 0.1) is 17.8 Å². The van der Waals surface area contributed by atoms with E-state index in [0.717, 1.165) is 38.9 Å². The third-order valence-corrected chi connectivity index (χ3v) is 7.95. The first-order valence-corrected chi connectivity index (χ1v) is 14.4. The second kappa shape index (κ2) is 12.0. The smallest absolute Gasteiger partial charge is 0.270 e. The number of aromatic nitrogens is 3. The van der Waals surface area contributed by atoms with Crippen molar-refractivity contribution in [2.24, 2.45) is 7.05 Å². The molecular weight excluding hydrogens is 587 g/mol. The van der Waals surface area contributed by atoms with Crippen molar-refractivity contribution in [2.45, 2.75) is 12.5 Å². The first-order valence-electron chi connectivity index (χ1n) is 13.3. The summed E-state index contributed by atoms with van der Waals surface area (Å²) in [6.45, 7) is 0.331. The second-order valence-corrected chi connectivity index (χ2v) is 11.4. The van der Waals surface area contributed by atoms with E-state index in [4.69, 9.17) is 39.8 Å². The normalized spacial score (nSPS) is 11.9. The predicted molar refractivity (Wildman–Crippen MR) is 170 cm³/mol. The number of imidazole rings is 1. The van der Waals surface area contributed by atoms with Gasteiger partial charge in [-0.15, -0.1) is 0 Å². The van der Waals surface area contributed by atoms with E-state index in [-0.39, 0.29) is 11.8 Å². The van der Waals surface area contributed by atoms with Crippen LogP contribution in [0.2, 0.25) is 15.1 Å². The molecule has 2 heterocycles. The standard InChI is InChI=1S/C34H25Cl3N4O/c1-41-20-38-19-32(41)33(22-8-11-25(35)12-9-22)24-10-13-30-29(16-24)28(23-5-3-7-27(37)15-23)17-31(40-30)34(42)39-18-21-4-2-6-26(36)14-21/h2-17,19-20,33H,18H2,1H3,(H,39,42). The number of amides is 1. The molecule has 6 rings (SSSR count). The maximum Gasteiger partial charge on any atom is 0.270 e. The van der Waals surface area contributed by atoms with Gasteiger partial charge in [-0.1, -0.05) is 77.3 Å². The molecule has 208 valence electrons. The topological polar surface area (TPSA) is 59.8 Å². The van der Waals surface area contributed by atoms with Gasteiger partial charge in [0, 0.05) is 45.9 Å². The Morgan fingerprint density at radius 3 is 2.29 bits per heavy atom. The monoisotopic (exact) mass is 610 g/mol. The minimum atomic E-state index is -0.279. The lowest BCUT2D eigenvalue weighted by molar-refractivity contribution is 0.0946. The number of hydrogen-bond donors (Lipinski definition) is 1. The van der Waals surface area contributed by atoms with Crippen LogP contribution in [0.1, 0.15) is 38.8 Å². The van der Waals surface area contributed by atoms with Gasteiger partial charge in [0.25, 0.3) is 5.91 Å². The zero-order valence-electron chi connectivity index (χ0n) is 22.6. The molecule has 0 aliphatic rings. The Bertz CT molecular complexity index is 1920. The Kier molecular flexibility index (Phi) is 7.98. The Hall–Kier alpha value is -4.16. The molecule has 2 aromatic heterocycles. The van der Waals surface area contributed by atoms with Crippen LogP contribution >= 0.6 is 34.8 Å². The lowest BCUT2D eigenvalue weighted by Gasteiger charge is -2.20. The molecule has 0 fully saturated rings. The average Bonchev–Trinajstić information content (AvgIpc) is 3.41. The van der Waals surface area contributed by atoms with E-state index in [0.29, 0.717) is 32.8 Å². The van der Waals surface area contributed by atoms with Crippen LogP contribution in [0.3, 0.4) is 0 Å². The predicted octanol–water partition coefficient (Wildman–Crippen LogP) is 8.71. The van der Waals surface area contributed by atoms with Gasteiger partial charge in [-0.3, -0.25) is 4.79 Å². The van der Waals surface area contributed by atoms with Crippen molar-refractivity contribution < 1.29 is 4.79 Å². The van der Waals surface area contributed by atoms with Crippen LogP contribution in [0.5, 0.6) is 0 Å². The Morgan fingerprint density at radius 1 is 0.833 bits per heavy atom. The van der Waals surface area contributed by atoms with Gasteiger partial charge >= 0.3 is 0 Å². The number of pyridine rings is 1. The van der Waals surface area contributed by atoms with E-state index in [1.165, 1.54) is 0 Å². The van der Waals surface area contributed by atoms with Crippen LogP contribution in [0, 0.1) is 0 Å². The molecule has 5 nitrogen and oxygen atoms in total. The highest BCUT2D eigenvalue weighted by Gasteiger charge is 2.22. The van der Waals surface area contributed by atoms with E-state index in [9.17, 15) is 4.79 Å². The number of hydrogen-bond acceptors (Lipinski definition) is 3. The zero-order valence-corrected chi connectivity index (χ0v) is 24.8. The summed E-state index contributed by atoms with van der Waals surface area (Å²) in [5, 5.41) is 5.78. The Balaban J connectivity index is 1.47. The molecular formula is C34H25Cl3N4O. The van der Waals surface area contributed by atoms with Crippen molar-refractivity contribution in [1.82, 2.24) is 19.9 Å². The van der Waals surface area contributed by atoms with Crippen LogP contribution in [0.4, 0.5) is 0 Å². The largest absolute Gasteiger partial charge is 0.347 e. The fraction of sp³-hybridized carbons (Fsp3) is 0.0882. The summed E-state index contributed by atoms with van der Waals surface area (Å²) in [5.41, 5.74) is 6.83. The van der Waals surface area contributed by atoms with Crippen molar-refractivity contribution in [3.63, 3.8) is 0 Å². The summed E-state index contributed by atoms with van der Waals surface area (Å²) in [4.78, 5) is 22.5. The van der Waals surface area contributed by atoms with Gasteiger partial charge in [-0.25, -0.2) is 9.97 Å². The van der Waals surface area contributed by atoms with Gasteiger partial charge in [0.2, 0.25) is 0 Å². The van der Waals surface area contributed by atoms with Gasteiger partial charge in [0.15, 0.2) is 0 Å². The number of aryl methyl sites for hydroxylation is 1. The van der Waals surface area contributed by atoms with Crippen LogP contribution in [-0.2, 0) is 13.6 Å². The number of carbonyl (C=O) groups excluding carboxylic acids is 1. The molecule has 1 unspecified atom stereocenters. The van der Waals surface area contributed by atoms with Crippen molar-refractivity contribution in [1.29, 1.82) is 0 Å². The van der Waals surface area contributed by atoms with Gasteiger partial charge in [0.1, 0.15) is 5.69 Å². The van der Waals surface area contributed by atoms with E-state index >= 15 is 0 Å². The summed E-state index contributed by atoms with van der Waals surface area (Å²) >= 11 is 18.8. The lowest BCUT2D eigenvalue weighted by Crippen LogP contribution is -2.24.